The quantitative estimate of drug-likeness (QED) is 0.631. The Labute approximate surface area is 112 Å². The summed E-state index contributed by atoms with van der Waals surface area (Å²) in [5.41, 5.74) is 0.853. The van der Waals surface area contributed by atoms with Crippen LogP contribution in [0.5, 0.6) is 0 Å². The molecule has 0 bridgehead atoms. The lowest BCUT2D eigenvalue weighted by Crippen LogP contribution is -2.19. The van der Waals surface area contributed by atoms with E-state index in [2.05, 4.69) is 9.47 Å². The fraction of sp³-hybridized carbons (Fsp3) is 0.231. The highest BCUT2D eigenvalue weighted by Gasteiger charge is 2.29. The van der Waals surface area contributed by atoms with Gasteiger partial charge in [0.1, 0.15) is 0 Å². The van der Waals surface area contributed by atoms with Gasteiger partial charge in [0.15, 0.2) is 6.61 Å². The Balaban J connectivity index is 2.58. The van der Waals surface area contributed by atoms with Crippen LogP contribution < -0.4 is 0 Å². The van der Waals surface area contributed by atoms with Crippen LogP contribution in [0.4, 0.5) is 13.2 Å². The summed E-state index contributed by atoms with van der Waals surface area (Å²) < 4.78 is 43.8. The molecular formula is C13H11F3O4. The second-order valence-corrected chi connectivity index (χ2v) is 3.67. The third-order valence-electron chi connectivity index (χ3n) is 2.12. The highest BCUT2D eigenvalue weighted by atomic mass is 19.4. The van der Waals surface area contributed by atoms with Crippen LogP contribution in [0.3, 0.4) is 0 Å². The lowest BCUT2D eigenvalue weighted by Gasteiger charge is -2.05. The summed E-state index contributed by atoms with van der Waals surface area (Å²) in [4.78, 5) is 22.2. The monoisotopic (exact) mass is 288 g/mol. The van der Waals surface area contributed by atoms with Crippen LogP contribution in [0, 0.1) is 0 Å². The fourth-order valence-electron chi connectivity index (χ4n) is 1.21. The van der Waals surface area contributed by atoms with Crippen molar-refractivity contribution in [3.63, 3.8) is 0 Å². The zero-order valence-electron chi connectivity index (χ0n) is 10.4. The molecule has 0 unspecified atom stereocenters. The number of ether oxygens (including phenoxy) is 2. The molecule has 0 saturated heterocycles. The second-order valence-electron chi connectivity index (χ2n) is 3.67. The van der Waals surface area contributed by atoms with E-state index in [0.717, 1.165) is 6.08 Å². The Morgan fingerprint density at radius 3 is 2.30 bits per heavy atom. The minimum absolute atomic E-state index is 0.323. The van der Waals surface area contributed by atoms with E-state index in [4.69, 9.17) is 0 Å². The topological polar surface area (TPSA) is 52.6 Å². The van der Waals surface area contributed by atoms with Crippen molar-refractivity contribution in [1.82, 2.24) is 0 Å². The number of hydrogen-bond acceptors (Lipinski definition) is 4. The average molecular weight is 288 g/mol. The average Bonchev–Trinajstić information content (AvgIpc) is 2.41. The molecular weight excluding hydrogens is 277 g/mol. The standard InChI is InChI=1S/C13H11F3O4/c1-19-12(18)10-5-2-9(3-6-10)4-7-11(17)20-8-13(14,15)16/h2-7H,8H2,1H3. The van der Waals surface area contributed by atoms with E-state index in [1.807, 2.05) is 0 Å². The van der Waals surface area contributed by atoms with Crippen molar-refractivity contribution in [1.29, 1.82) is 0 Å². The van der Waals surface area contributed by atoms with Gasteiger partial charge in [0.05, 0.1) is 12.7 Å². The molecule has 0 aromatic heterocycles. The predicted molar refractivity (Wildman–Crippen MR) is 63.8 cm³/mol. The van der Waals surface area contributed by atoms with Crippen molar-refractivity contribution in [2.45, 2.75) is 6.18 Å². The maximum Gasteiger partial charge on any atom is 0.422 e. The molecule has 7 heteroatoms. The van der Waals surface area contributed by atoms with Gasteiger partial charge in [0.2, 0.25) is 0 Å². The Kier molecular flexibility index (Phi) is 5.31. The number of hydrogen-bond donors (Lipinski definition) is 0. The number of methoxy groups -OCH3 is 1. The van der Waals surface area contributed by atoms with E-state index < -0.39 is 24.7 Å². The summed E-state index contributed by atoms with van der Waals surface area (Å²) in [5, 5.41) is 0. The lowest BCUT2D eigenvalue weighted by molar-refractivity contribution is -0.182. The summed E-state index contributed by atoms with van der Waals surface area (Å²) in [6.07, 6.45) is -2.40. The van der Waals surface area contributed by atoms with E-state index in [1.165, 1.54) is 37.5 Å². The van der Waals surface area contributed by atoms with Gasteiger partial charge >= 0.3 is 18.1 Å². The highest BCUT2D eigenvalue weighted by Crippen LogP contribution is 2.14. The normalized spacial score (nSPS) is 11.4. The summed E-state index contributed by atoms with van der Waals surface area (Å²) in [6.45, 7) is -1.63. The predicted octanol–water partition coefficient (Wildman–Crippen LogP) is 2.59. The van der Waals surface area contributed by atoms with Gasteiger partial charge in [-0.05, 0) is 23.8 Å². The van der Waals surface area contributed by atoms with Crippen LogP contribution in [-0.2, 0) is 14.3 Å². The Hall–Kier alpha value is -2.31. The van der Waals surface area contributed by atoms with Gasteiger partial charge < -0.3 is 9.47 Å². The summed E-state index contributed by atoms with van der Waals surface area (Å²) in [5.74, 6) is -1.61. The first kappa shape index (κ1) is 15.7. The van der Waals surface area contributed by atoms with Gasteiger partial charge in [-0.3, -0.25) is 0 Å². The number of carbonyl (C=O) groups is 2. The van der Waals surface area contributed by atoms with Gasteiger partial charge in [-0.2, -0.15) is 13.2 Å². The fourth-order valence-corrected chi connectivity index (χ4v) is 1.21. The van der Waals surface area contributed by atoms with Crippen molar-refractivity contribution in [3.8, 4) is 0 Å². The molecule has 0 spiro atoms. The third kappa shape index (κ3) is 5.55. The molecule has 0 heterocycles. The SMILES string of the molecule is COC(=O)c1ccc(C=CC(=O)OCC(F)(F)F)cc1. The van der Waals surface area contributed by atoms with Gasteiger partial charge in [-0.15, -0.1) is 0 Å². The smallest absolute Gasteiger partial charge is 0.422 e. The van der Waals surface area contributed by atoms with Crippen molar-refractivity contribution in [3.05, 3.63) is 41.5 Å². The number of rotatable bonds is 4. The first-order valence-corrected chi connectivity index (χ1v) is 5.42. The maximum atomic E-state index is 11.8. The number of benzene rings is 1. The van der Waals surface area contributed by atoms with Crippen LogP contribution in [0.2, 0.25) is 0 Å². The molecule has 0 atom stereocenters. The highest BCUT2D eigenvalue weighted by molar-refractivity contribution is 5.90. The van der Waals surface area contributed by atoms with E-state index in [1.54, 1.807) is 0 Å². The van der Waals surface area contributed by atoms with Crippen LogP contribution in [0.15, 0.2) is 30.3 Å². The van der Waals surface area contributed by atoms with E-state index in [0.29, 0.717) is 11.1 Å². The van der Waals surface area contributed by atoms with Crippen molar-refractivity contribution < 1.29 is 32.2 Å². The molecule has 0 fully saturated rings. The molecule has 0 saturated carbocycles. The maximum absolute atomic E-state index is 11.8. The van der Waals surface area contributed by atoms with E-state index >= 15 is 0 Å². The van der Waals surface area contributed by atoms with Crippen molar-refractivity contribution in [2.75, 3.05) is 13.7 Å². The minimum atomic E-state index is -4.55. The van der Waals surface area contributed by atoms with E-state index in [-0.39, 0.29) is 0 Å². The number of halogens is 3. The van der Waals surface area contributed by atoms with Crippen molar-refractivity contribution >= 4 is 18.0 Å². The zero-order chi connectivity index (χ0) is 15.2. The summed E-state index contributed by atoms with van der Waals surface area (Å²) in [6, 6.07) is 5.96. The lowest BCUT2D eigenvalue weighted by atomic mass is 10.1. The molecule has 0 aliphatic heterocycles. The largest absolute Gasteiger partial charge is 0.465 e. The molecule has 1 aromatic carbocycles. The van der Waals surface area contributed by atoms with Crippen LogP contribution in [0.1, 0.15) is 15.9 Å². The molecule has 4 nitrogen and oxygen atoms in total. The molecule has 1 aromatic rings. The Morgan fingerprint density at radius 1 is 1.20 bits per heavy atom. The molecule has 0 N–H and O–H groups in total. The second kappa shape index (κ2) is 6.74. The van der Waals surface area contributed by atoms with Gasteiger partial charge in [-0.1, -0.05) is 12.1 Å². The zero-order valence-corrected chi connectivity index (χ0v) is 10.4. The summed E-state index contributed by atoms with van der Waals surface area (Å²) >= 11 is 0. The molecule has 0 aliphatic rings. The molecule has 0 aliphatic carbocycles. The summed E-state index contributed by atoms with van der Waals surface area (Å²) in [7, 11) is 1.24. The van der Waals surface area contributed by atoms with Crippen LogP contribution in [-0.4, -0.2) is 31.8 Å². The van der Waals surface area contributed by atoms with Gasteiger partial charge in [-0.25, -0.2) is 9.59 Å². The van der Waals surface area contributed by atoms with Crippen LogP contribution >= 0.6 is 0 Å². The Morgan fingerprint density at radius 2 is 1.80 bits per heavy atom. The first-order valence-electron chi connectivity index (χ1n) is 5.42. The molecule has 0 radical (unpaired) electrons. The molecule has 0 amide bonds. The molecule has 1 rings (SSSR count). The van der Waals surface area contributed by atoms with Crippen LogP contribution in [0.25, 0.3) is 6.08 Å². The van der Waals surface area contributed by atoms with Gasteiger partial charge in [0.25, 0.3) is 0 Å². The number of alkyl halides is 3. The molecule has 20 heavy (non-hydrogen) atoms. The minimum Gasteiger partial charge on any atom is -0.465 e. The first-order chi connectivity index (χ1) is 9.31. The van der Waals surface area contributed by atoms with Crippen molar-refractivity contribution in [2.24, 2.45) is 0 Å². The molecule has 108 valence electrons. The number of esters is 2. The van der Waals surface area contributed by atoms with E-state index in [9.17, 15) is 22.8 Å². The Bertz CT molecular complexity index is 503. The number of carbonyl (C=O) groups excluding carboxylic acids is 2. The van der Waals surface area contributed by atoms with Gasteiger partial charge in [0, 0.05) is 6.08 Å². The third-order valence-corrected chi connectivity index (χ3v) is 2.12.